The fraction of sp³-hybridized carbons (Fsp3) is 0.486. The number of nitrogens with two attached hydrogens (primary N) is 1. The van der Waals surface area contributed by atoms with E-state index in [2.05, 4.69) is 15.4 Å². The number of nitrogens with one attached hydrogen (secondary N) is 2. The number of nitrogens with zero attached hydrogens (tertiary/aromatic N) is 1. The first-order valence-electron chi connectivity index (χ1n) is 16.3. The number of rotatable bonds is 15. The van der Waals surface area contributed by atoms with E-state index in [0.29, 0.717) is 37.2 Å². The monoisotopic (exact) mass is 698 g/mol. The van der Waals surface area contributed by atoms with E-state index >= 15 is 0 Å². The minimum atomic E-state index is -1.34. The molecule has 1 saturated heterocycles. The van der Waals surface area contributed by atoms with Gasteiger partial charge in [0.2, 0.25) is 18.1 Å². The van der Waals surface area contributed by atoms with Crippen molar-refractivity contribution in [3.63, 3.8) is 0 Å². The molecule has 1 unspecified atom stereocenters. The molecule has 0 bridgehead atoms. The largest absolute Gasteiger partial charge is 0.511 e. The van der Waals surface area contributed by atoms with Crippen LogP contribution in [0.2, 0.25) is 0 Å². The number of hydrogen-bond acceptors (Lipinski definition) is 11. The maximum atomic E-state index is 13.6. The van der Waals surface area contributed by atoms with Gasteiger partial charge in [0.05, 0.1) is 7.11 Å². The van der Waals surface area contributed by atoms with E-state index in [-0.39, 0.29) is 42.9 Å². The third-order valence-corrected chi connectivity index (χ3v) is 7.85. The van der Waals surface area contributed by atoms with Crippen LogP contribution in [0, 0.1) is 18.8 Å². The summed E-state index contributed by atoms with van der Waals surface area (Å²) < 4.78 is 25.7. The standard InChI is InChI=1S/C35H46N4O11/c1-21(2)18-27(37-30(40)20-47-29-9-7-6-8-22(29)3)32(42)38-28(33(43)48-23(4)49-35(45)46-5)19-24-10-12-26(13-11-24)50-34(44)39-16-14-25(15-17-39)31(36)41/h6-13,21,23,25,27-28H,14-20H2,1-5H3,(H2,36,41)(H,37,40)(H,38,42)/t23?,27-,28-/m0/s1. The van der Waals surface area contributed by atoms with Gasteiger partial charge in [0.1, 0.15) is 23.6 Å². The zero-order valence-electron chi connectivity index (χ0n) is 29.0. The molecule has 2 aromatic rings. The van der Waals surface area contributed by atoms with Crippen molar-refractivity contribution in [1.82, 2.24) is 15.5 Å². The summed E-state index contributed by atoms with van der Waals surface area (Å²) >= 11 is 0. The van der Waals surface area contributed by atoms with Crippen LogP contribution < -0.4 is 25.8 Å². The molecule has 15 heteroatoms. The summed E-state index contributed by atoms with van der Waals surface area (Å²) in [5, 5.41) is 5.36. The minimum Gasteiger partial charge on any atom is -0.484 e. The van der Waals surface area contributed by atoms with Crippen LogP contribution in [0.1, 0.15) is 51.2 Å². The molecule has 15 nitrogen and oxygen atoms in total. The molecule has 272 valence electrons. The summed E-state index contributed by atoms with van der Waals surface area (Å²) in [6.45, 7) is 7.26. The van der Waals surface area contributed by atoms with E-state index in [0.717, 1.165) is 12.7 Å². The van der Waals surface area contributed by atoms with Gasteiger partial charge in [-0.25, -0.2) is 14.4 Å². The van der Waals surface area contributed by atoms with E-state index < -0.39 is 48.4 Å². The Bertz CT molecular complexity index is 1490. The van der Waals surface area contributed by atoms with Gasteiger partial charge in [0.25, 0.3) is 5.91 Å². The number of para-hydroxylation sites is 1. The van der Waals surface area contributed by atoms with E-state index in [1.54, 1.807) is 24.3 Å². The molecule has 1 aliphatic rings. The number of benzene rings is 2. The number of carbonyl (C=O) groups excluding carboxylic acids is 6. The Hall–Kier alpha value is -5.34. The predicted octanol–water partition coefficient (Wildman–Crippen LogP) is 3.00. The number of esters is 1. The summed E-state index contributed by atoms with van der Waals surface area (Å²) in [6, 6.07) is 11.2. The van der Waals surface area contributed by atoms with Gasteiger partial charge in [-0.05, 0) is 61.4 Å². The fourth-order valence-corrected chi connectivity index (χ4v) is 5.16. The first kappa shape index (κ1) is 39.1. The average molecular weight is 699 g/mol. The zero-order valence-corrected chi connectivity index (χ0v) is 29.0. The highest BCUT2D eigenvalue weighted by atomic mass is 16.8. The SMILES string of the molecule is COC(=O)OC(C)OC(=O)[C@H](Cc1ccc(OC(=O)N2CCC(C(N)=O)CC2)cc1)NC(=O)[C@H](CC(C)C)NC(=O)COc1ccccc1C. The second-order valence-electron chi connectivity index (χ2n) is 12.3. The Morgan fingerprint density at radius 3 is 2.16 bits per heavy atom. The molecule has 3 atom stereocenters. The molecule has 4 amide bonds. The number of primary amides is 1. The molecule has 0 saturated carbocycles. The highest BCUT2D eigenvalue weighted by Crippen LogP contribution is 2.20. The summed E-state index contributed by atoms with van der Waals surface area (Å²) in [7, 11) is 1.10. The molecule has 0 aromatic heterocycles. The fourth-order valence-electron chi connectivity index (χ4n) is 5.16. The van der Waals surface area contributed by atoms with Crippen molar-refractivity contribution in [1.29, 1.82) is 0 Å². The van der Waals surface area contributed by atoms with Crippen molar-refractivity contribution >= 4 is 35.9 Å². The Labute approximate surface area is 291 Å². The molecule has 1 fully saturated rings. The van der Waals surface area contributed by atoms with Crippen LogP contribution in [-0.4, -0.2) is 86.0 Å². The lowest BCUT2D eigenvalue weighted by molar-refractivity contribution is -0.170. The van der Waals surface area contributed by atoms with E-state index in [1.807, 2.05) is 32.9 Å². The second kappa shape index (κ2) is 19.0. The van der Waals surface area contributed by atoms with Crippen molar-refractivity contribution in [3.8, 4) is 11.5 Å². The summed E-state index contributed by atoms with van der Waals surface area (Å²) in [6.07, 6.45) is -1.88. The average Bonchev–Trinajstić information content (AvgIpc) is 3.07. The third-order valence-electron chi connectivity index (χ3n) is 7.85. The topological polar surface area (TPSA) is 202 Å². The maximum absolute atomic E-state index is 13.6. The van der Waals surface area contributed by atoms with Gasteiger partial charge in [0.15, 0.2) is 6.61 Å². The lowest BCUT2D eigenvalue weighted by Gasteiger charge is -2.29. The van der Waals surface area contributed by atoms with Crippen molar-refractivity contribution in [2.24, 2.45) is 17.6 Å². The Morgan fingerprint density at radius 1 is 0.900 bits per heavy atom. The lowest BCUT2D eigenvalue weighted by Crippen LogP contribution is -2.54. The third kappa shape index (κ3) is 12.6. The van der Waals surface area contributed by atoms with Crippen molar-refractivity contribution in [2.75, 3.05) is 26.8 Å². The predicted molar refractivity (Wildman–Crippen MR) is 179 cm³/mol. The van der Waals surface area contributed by atoms with Crippen molar-refractivity contribution in [3.05, 3.63) is 59.7 Å². The molecule has 2 aromatic carbocycles. The molecule has 0 radical (unpaired) electrons. The van der Waals surface area contributed by atoms with E-state index in [9.17, 15) is 28.8 Å². The normalized spacial score (nSPS) is 14.8. The highest BCUT2D eigenvalue weighted by Gasteiger charge is 2.31. The Balaban J connectivity index is 1.70. The van der Waals surface area contributed by atoms with Crippen molar-refractivity contribution < 1.29 is 52.5 Å². The number of amides is 4. The number of carbonyl (C=O) groups is 6. The van der Waals surface area contributed by atoms with Gasteiger partial charge in [-0.15, -0.1) is 0 Å². The number of likely N-dealkylation sites (tertiary alicyclic amines) is 1. The van der Waals surface area contributed by atoms with Gasteiger partial charge in [-0.1, -0.05) is 44.2 Å². The molecule has 1 aliphatic heterocycles. The van der Waals surface area contributed by atoms with Crippen LogP contribution in [0.4, 0.5) is 9.59 Å². The number of hydrogen-bond donors (Lipinski definition) is 3. The summed E-state index contributed by atoms with van der Waals surface area (Å²) in [5.41, 5.74) is 6.77. The van der Waals surface area contributed by atoms with Crippen LogP contribution in [0.5, 0.6) is 11.5 Å². The van der Waals surface area contributed by atoms with Crippen LogP contribution >= 0.6 is 0 Å². The Morgan fingerprint density at radius 2 is 1.56 bits per heavy atom. The Kier molecular flexibility index (Phi) is 14.9. The molecular weight excluding hydrogens is 652 g/mol. The number of piperidine rings is 1. The zero-order chi connectivity index (χ0) is 36.8. The lowest BCUT2D eigenvalue weighted by atomic mass is 9.97. The first-order valence-corrected chi connectivity index (χ1v) is 16.3. The van der Waals surface area contributed by atoms with Crippen molar-refractivity contribution in [2.45, 2.75) is 71.8 Å². The highest BCUT2D eigenvalue weighted by molar-refractivity contribution is 5.91. The van der Waals surface area contributed by atoms with Crippen LogP contribution in [0.15, 0.2) is 48.5 Å². The van der Waals surface area contributed by atoms with E-state index in [4.69, 9.17) is 24.7 Å². The van der Waals surface area contributed by atoms with Gasteiger partial charge in [-0.2, -0.15) is 0 Å². The van der Waals surface area contributed by atoms with E-state index in [1.165, 1.54) is 24.0 Å². The first-order chi connectivity index (χ1) is 23.7. The summed E-state index contributed by atoms with van der Waals surface area (Å²) in [5.74, 6) is -1.98. The van der Waals surface area contributed by atoms with Crippen LogP contribution in [0.3, 0.4) is 0 Å². The molecular formula is C35H46N4O11. The smallest absolute Gasteiger partial charge is 0.484 e. The number of ether oxygens (including phenoxy) is 5. The maximum Gasteiger partial charge on any atom is 0.511 e. The molecule has 50 heavy (non-hydrogen) atoms. The quantitative estimate of drug-likeness (QED) is 0.182. The second-order valence-corrected chi connectivity index (χ2v) is 12.3. The van der Waals surface area contributed by atoms with Crippen LogP contribution in [-0.2, 0) is 39.8 Å². The van der Waals surface area contributed by atoms with Gasteiger partial charge in [0, 0.05) is 32.4 Å². The number of aryl methyl sites for hydroxylation is 1. The molecule has 4 N–H and O–H groups in total. The van der Waals surface area contributed by atoms with Gasteiger partial charge < -0.3 is 45.0 Å². The molecule has 1 heterocycles. The molecule has 3 rings (SSSR count). The molecule has 0 aliphatic carbocycles. The number of methoxy groups -OCH3 is 1. The summed E-state index contributed by atoms with van der Waals surface area (Å²) in [4.78, 5) is 76.8. The van der Waals surface area contributed by atoms with Crippen LogP contribution in [0.25, 0.3) is 0 Å². The minimum absolute atomic E-state index is 0.00742. The molecule has 0 spiro atoms. The van der Waals surface area contributed by atoms with Gasteiger partial charge >= 0.3 is 18.2 Å². The van der Waals surface area contributed by atoms with Gasteiger partial charge in [-0.3, -0.25) is 14.4 Å².